The molecule has 1 aromatic carbocycles. The summed E-state index contributed by atoms with van der Waals surface area (Å²) in [6.45, 7) is 1.71. The monoisotopic (exact) mass is 252 g/mol. The van der Waals surface area contributed by atoms with Gasteiger partial charge in [-0.15, -0.1) is 0 Å². The highest BCUT2D eigenvalue weighted by molar-refractivity contribution is 5.49. The fraction of sp³-hybridized carbons (Fsp3) is 0.571. The smallest absolute Gasteiger partial charge is 0.128 e. The summed E-state index contributed by atoms with van der Waals surface area (Å²) in [6, 6.07) is 4.68. The zero-order valence-corrected chi connectivity index (χ0v) is 10.3. The molecule has 2 fully saturated rings. The van der Waals surface area contributed by atoms with Crippen LogP contribution in [0.1, 0.15) is 25.7 Å². The van der Waals surface area contributed by atoms with Crippen LogP contribution in [-0.2, 0) is 0 Å². The van der Waals surface area contributed by atoms with Crippen LogP contribution in [0.3, 0.4) is 0 Å². The summed E-state index contributed by atoms with van der Waals surface area (Å²) < 4.78 is 26.6. The molecule has 0 amide bonds. The molecule has 98 valence electrons. The van der Waals surface area contributed by atoms with Gasteiger partial charge in [0.05, 0.1) is 0 Å². The third-order valence-electron chi connectivity index (χ3n) is 4.07. The van der Waals surface area contributed by atoms with E-state index in [4.69, 9.17) is 0 Å². The van der Waals surface area contributed by atoms with Gasteiger partial charge in [0.25, 0.3) is 0 Å². The largest absolute Gasteiger partial charge is 0.366 e. The quantitative estimate of drug-likeness (QED) is 0.826. The Morgan fingerprint density at radius 3 is 2.56 bits per heavy atom. The van der Waals surface area contributed by atoms with E-state index in [0.717, 1.165) is 25.6 Å². The fourth-order valence-electron chi connectivity index (χ4n) is 3.28. The maximum absolute atomic E-state index is 13.3. The third-order valence-corrected chi connectivity index (χ3v) is 4.07. The molecule has 1 heterocycles. The van der Waals surface area contributed by atoms with Crippen molar-refractivity contribution in [1.29, 1.82) is 0 Å². The molecule has 2 aliphatic rings. The third kappa shape index (κ3) is 2.21. The van der Waals surface area contributed by atoms with Crippen LogP contribution in [0.2, 0.25) is 0 Å². The molecule has 18 heavy (non-hydrogen) atoms. The van der Waals surface area contributed by atoms with Crippen LogP contribution in [0.15, 0.2) is 18.2 Å². The van der Waals surface area contributed by atoms with Gasteiger partial charge in [0.15, 0.2) is 0 Å². The highest BCUT2D eigenvalue weighted by Gasteiger charge is 2.33. The lowest BCUT2D eigenvalue weighted by molar-refractivity contribution is 0.284. The Balaban J connectivity index is 1.89. The Bertz CT molecular complexity index is 414. The number of nitrogens with zero attached hydrogens (tertiary/aromatic N) is 1. The van der Waals surface area contributed by atoms with E-state index in [0.29, 0.717) is 17.8 Å². The molecule has 1 saturated carbocycles. The number of halogens is 2. The summed E-state index contributed by atoms with van der Waals surface area (Å²) in [4.78, 5) is 2.17. The predicted octanol–water partition coefficient (Wildman–Crippen LogP) is 2.69. The number of fused-ring (bicyclic) bond motifs is 1. The first kappa shape index (κ1) is 11.9. The van der Waals surface area contributed by atoms with Crippen molar-refractivity contribution in [1.82, 2.24) is 5.32 Å². The molecule has 2 atom stereocenters. The number of benzene rings is 1. The normalized spacial score (nSPS) is 28.0. The fourth-order valence-corrected chi connectivity index (χ4v) is 3.28. The summed E-state index contributed by atoms with van der Waals surface area (Å²) in [7, 11) is 0. The lowest BCUT2D eigenvalue weighted by Crippen LogP contribution is -2.59. The number of rotatable bonds is 1. The lowest BCUT2D eigenvalue weighted by atomic mass is 9.87. The van der Waals surface area contributed by atoms with Gasteiger partial charge in [0.1, 0.15) is 11.6 Å². The van der Waals surface area contributed by atoms with Gasteiger partial charge in [-0.25, -0.2) is 8.78 Å². The van der Waals surface area contributed by atoms with E-state index in [1.807, 2.05) is 0 Å². The molecule has 1 N–H and O–H groups in total. The molecule has 0 unspecified atom stereocenters. The number of anilines is 1. The minimum Gasteiger partial charge on any atom is -0.366 e. The molecule has 0 radical (unpaired) electrons. The van der Waals surface area contributed by atoms with Gasteiger partial charge >= 0.3 is 0 Å². The molecule has 0 aromatic heterocycles. The van der Waals surface area contributed by atoms with Gasteiger partial charge in [0, 0.05) is 36.9 Å². The van der Waals surface area contributed by atoms with Gasteiger partial charge in [-0.2, -0.15) is 0 Å². The van der Waals surface area contributed by atoms with Crippen molar-refractivity contribution < 1.29 is 8.78 Å². The molecule has 2 nitrogen and oxygen atoms in total. The minimum absolute atomic E-state index is 0.383. The number of hydrogen-bond donors (Lipinski definition) is 1. The van der Waals surface area contributed by atoms with E-state index >= 15 is 0 Å². The number of piperazine rings is 1. The van der Waals surface area contributed by atoms with E-state index in [1.54, 1.807) is 0 Å². The molecular weight excluding hydrogens is 234 g/mol. The number of nitrogens with one attached hydrogen (secondary N) is 1. The first-order chi connectivity index (χ1) is 8.74. The molecule has 0 spiro atoms. The van der Waals surface area contributed by atoms with Crippen LogP contribution in [0.25, 0.3) is 0 Å². The van der Waals surface area contributed by atoms with Gasteiger partial charge in [-0.3, -0.25) is 0 Å². The second-order valence-corrected chi connectivity index (χ2v) is 5.23. The first-order valence-electron chi connectivity index (χ1n) is 6.70. The molecule has 0 bridgehead atoms. The summed E-state index contributed by atoms with van der Waals surface area (Å²) in [5.41, 5.74) is 0.686. The molecular formula is C14H18F2N2. The minimum atomic E-state index is -0.490. The topological polar surface area (TPSA) is 15.3 Å². The van der Waals surface area contributed by atoms with E-state index in [9.17, 15) is 8.78 Å². The predicted molar refractivity (Wildman–Crippen MR) is 67.8 cm³/mol. The zero-order valence-electron chi connectivity index (χ0n) is 10.3. The molecule has 3 rings (SSSR count). The van der Waals surface area contributed by atoms with Gasteiger partial charge in [-0.05, 0) is 25.0 Å². The molecule has 1 saturated heterocycles. The standard InChI is InChI=1S/C14H18F2N2/c15-10-7-11(16)9-12(8-10)18-6-5-17-13-3-1-2-4-14(13)18/h7-9,13-14,17H,1-6H2/t13-,14-/m1/s1. The van der Waals surface area contributed by atoms with E-state index in [2.05, 4.69) is 10.2 Å². The Labute approximate surface area is 106 Å². The van der Waals surface area contributed by atoms with Crippen LogP contribution < -0.4 is 10.2 Å². The van der Waals surface area contributed by atoms with Crippen molar-refractivity contribution in [2.24, 2.45) is 0 Å². The Morgan fingerprint density at radius 2 is 1.78 bits per heavy atom. The lowest BCUT2D eigenvalue weighted by Gasteiger charge is -2.46. The van der Waals surface area contributed by atoms with Crippen molar-refractivity contribution in [2.45, 2.75) is 37.8 Å². The molecule has 4 heteroatoms. The summed E-state index contributed by atoms with van der Waals surface area (Å²) in [5.74, 6) is -0.980. The molecule has 1 aliphatic carbocycles. The second kappa shape index (κ2) is 4.84. The summed E-state index contributed by atoms with van der Waals surface area (Å²) in [5, 5.41) is 3.52. The van der Waals surface area contributed by atoms with Crippen LogP contribution in [-0.4, -0.2) is 25.2 Å². The Hall–Kier alpha value is -1.16. The average Bonchev–Trinajstić information content (AvgIpc) is 2.37. The highest BCUT2D eigenvalue weighted by atomic mass is 19.1. The first-order valence-corrected chi connectivity index (χ1v) is 6.70. The number of hydrogen-bond acceptors (Lipinski definition) is 2. The van der Waals surface area contributed by atoms with Crippen LogP contribution in [0, 0.1) is 11.6 Å². The Morgan fingerprint density at radius 1 is 1.06 bits per heavy atom. The van der Waals surface area contributed by atoms with Crippen molar-refractivity contribution in [3.63, 3.8) is 0 Å². The second-order valence-electron chi connectivity index (χ2n) is 5.23. The Kier molecular flexibility index (Phi) is 3.20. The van der Waals surface area contributed by atoms with Crippen LogP contribution in [0.4, 0.5) is 14.5 Å². The molecule has 1 aliphatic heterocycles. The summed E-state index contributed by atoms with van der Waals surface area (Å²) in [6.07, 6.45) is 4.73. The SMILES string of the molecule is Fc1cc(F)cc(N2CCN[C@@H]3CCCC[C@H]32)c1. The van der Waals surface area contributed by atoms with E-state index in [1.165, 1.54) is 31.4 Å². The van der Waals surface area contributed by atoms with E-state index in [-0.39, 0.29) is 0 Å². The average molecular weight is 252 g/mol. The van der Waals surface area contributed by atoms with Crippen LogP contribution >= 0.6 is 0 Å². The molecule has 1 aromatic rings. The zero-order chi connectivity index (χ0) is 12.5. The van der Waals surface area contributed by atoms with Crippen molar-refractivity contribution in [3.8, 4) is 0 Å². The van der Waals surface area contributed by atoms with E-state index < -0.39 is 11.6 Å². The van der Waals surface area contributed by atoms with Crippen LogP contribution in [0.5, 0.6) is 0 Å². The van der Waals surface area contributed by atoms with Crippen molar-refractivity contribution in [3.05, 3.63) is 29.8 Å². The maximum Gasteiger partial charge on any atom is 0.128 e. The van der Waals surface area contributed by atoms with Crippen molar-refractivity contribution in [2.75, 3.05) is 18.0 Å². The summed E-state index contributed by atoms with van der Waals surface area (Å²) >= 11 is 0. The maximum atomic E-state index is 13.3. The van der Waals surface area contributed by atoms with Gasteiger partial charge in [0.2, 0.25) is 0 Å². The van der Waals surface area contributed by atoms with Crippen molar-refractivity contribution >= 4 is 5.69 Å². The highest BCUT2D eigenvalue weighted by Crippen LogP contribution is 2.30. The van der Waals surface area contributed by atoms with Gasteiger partial charge in [-0.1, -0.05) is 12.8 Å². The van der Waals surface area contributed by atoms with Gasteiger partial charge < -0.3 is 10.2 Å².